The highest BCUT2D eigenvalue weighted by atomic mass is 19.1. The number of benzene rings is 4. The minimum Gasteiger partial charge on any atom is -0.496 e. The second kappa shape index (κ2) is 9.19. The molecule has 1 aromatic heterocycles. The number of rotatable bonds is 6. The molecule has 0 aliphatic heterocycles. The van der Waals surface area contributed by atoms with Gasteiger partial charge in [-0.2, -0.15) is 5.10 Å². The SMILES string of the molecule is COc1ccc(F)cc1-c1ccc2c(NC(=O)C(c3ccccc3)c3ccccc3)n[nH]c2c1. The van der Waals surface area contributed by atoms with Gasteiger partial charge >= 0.3 is 0 Å². The average Bonchev–Trinajstić information content (AvgIpc) is 3.27. The van der Waals surface area contributed by atoms with Crippen LogP contribution in [-0.2, 0) is 4.79 Å². The molecule has 6 heteroatoms. The molecule has 5 nitrogen and oxygen atoms in total. The number of carbonyl (C=O) groups excluding carboxylic acids is 1. The minimum atomic E-state index is -0.482. The van der Waals surface area contributed by atoms with E-state index in [2.05, 4.69) is 15.5 Å². The number of carbonyl (C=O) groups is 1. The maximum Gasteiger partial charge on any atom is 0.237 e. The van der Waals surface area contributed by atoms with Gasteiger partial charge in [-0.05, 0) is 47.0 Å². The molecular formula is C28H22FN3O2. The molecule has 0 atom stereocenters. The van der Waals surface area contributed by atoms with Crippen molar-refractivity contribution in [3.8, 4) is 16.9 Å². The van der Waals surface area contributed by atoms with E-state index in [1.54, 1.807) is 13.2 Å². The lowest BCUT2D eigenvalue weighted by Crippen LogP contribution is -2.22. The Labute approximate surface area is 196 Å². The van der Waals surface area contributed by atoms with Crippen LogP contribution in [0.3, 0.4) is 0 Å². The number of aromatic amines is 1. The van der Waals surface area contributed by atoms with Crippen LogP contribution >= 0.6 is 0 Å². The van der Waals surface area contributed by atoms with Crippen molar-refractivity contribution >= 4 is 22.6 Å². The first kappa shape index (κ1) is 21.4. The number of hydrogen-bond acceptors (Lipinski definition) is 3. The van der Waals surface area contributed by atoms with Crippen molar-refractivity contribution in [1.82, 2.24) is 10.2 Å². The van der Waals surface area contributed by atoms with Crippen LogP contribution in [0.4, 0.5) is 10.2 Å². The van der Waals surface area contributed by atoms with Gasteiger partial charge in [-0.15, -0.1) is 0 Å². The average molecular weight is 452 g/mol. The molecule has 2 N–H and O–H groups in total. The normalized spacial score (nSPS) is 11.0. The molecule has 0 spiro atoms. The number of hydrogen-bond donors (Lipinski definition) is 2. The third kappa shape index (κ3) is 4.13. The third-order valence-electron chi connectivity index (χ3n) is 5.80. The van der Waals surface area contributed by atoms with Crippen LogP contribution in [0.1, 0.15) is 17.0 Å². The van der Waals surface area contributed by atoms with Crippen molar-refractivity contribution in [3.05, 3.63) is 114 Å². The van der Waals surface area contributed by atoms with E-state index in [-0.39, 0.29) is 11.7 Å². The number of H-pyrrole nitrogens is 1. The molecule has 0 saturated carbocycles. The van der Waals surface area contributed by atoms with Gasteiger partial charge in [0, 0.05) is 10.9 Å². The van der Waals surface area contributed by atoms with Crippen LogP contribution in [0, 0.1) is 5.82 Å². The van der Waals surface area contributed by atoms with Crippen molar-refractivity contribution in [2.75, 3.05) is 12.4 Å². The van der Waals surface area contributed by atoms with E-state index in [0.29, 0.717) is 17.1 Å². The van der Waals surface area contributed by atoms with E-state index in [1.165, 1.54) is 12.1 Å². The summed E-state index contributed by atoms with van der Waals surface area (Å²) in [4.78, 5) is 13.4. The zero-order valence-corrected chi connectivity index (χ0v) is 18.5. The summed E-state index contributed by atoms with van der Waals surface area (Å²) in [5.41, 5.74) is 3.92. The zero-order valence-electron chi connectivity index (χ0n) is 18.5. The molecule has 0 unspecified atom stereocenters. The van der Waals surface area contributed by atoms with Gasteiger partial charge in [0.25, 0.3) is 0 Å². The molecule has 0 fully saturated rings. The third-order valence-corrected chi connectivity index (χ3v) is 5.80. The van der Waals surface area contributed by atoms with Crippen LogP contribution in [-0.4, -0.2) is 23.2 Å². The quantitative estimate of drug-likeness (QED) is 0.325. The Balaban J connectivity index is 1.48. The molecule has 1 amide bonds. The van der Waals surface area contributed by atoms with Crippen molar-refractivity contribution in [2.45, 2.75) is 5.92 Å². The Bertz CT molecular complexity index is 1410. The number of ether oxygens (including phenoxy) is 1. The number of halogens is 1. The van der Waals surface area contributed by atoms with Crippen molar-refractivity contribution in [2.24, 2.45) is 0 Å². The molecule has 0 radical (unpaired) electrons. The summed E-state index contributed by atoms with van der Waals surface area (Å²) in [6, 6.07) is 29.3. The van der Waals surface area contributed by atoms with Gasteiger partial charge in [-0.1, -0.05) is 66.7 Å². The van der Waals surface area contributed by atoms with E-state index in [0.717, 1.165) is 27.6 Å². The largest absolute Gasteiger partial charge is 0.496 e. The van der Waals surface area contributed by atoms with Crippen molar-refractivity contribution in [3.63, 3.8) is 0 Å². The first-order valence-corrected chi connectivity index (χ1v) is 10.9. The van der Waals surface area contributed by atoms with Crippen LogP contribution in [0.25, 0.3) is 22.0 Å². The number of aromatic nitrogens is 2. The van der Waals surface area contributed by atoms with Gasteiger partial charge in [0.1, 0.15) is 11.6 Å². The predicted molar refractivity (Wildman–Crippen MR) is 131 cm³/mol. The fourth-order valence-corrected chi connectivity index (χ4v) is 4.16. The number of amides is 1. The lowest BCUT2D eigenvalue weighted by molar-refractivity contribution is -0.116. The molecular weight excluding hydrogens is 429 g/mol. The Morgan fingerprint density at radius 1 is 0.912 bits per heavy atom. The second-order valence-electron chi connectivity index (χ2n) is 7.92. The monoisotopic (exact) mass is 451 g/mol. The summed E-state index contributed by atoms with van der Waals surface area (Å²) in [6.45, 7) is 0. The molecule has 0 aliphatic carbocycles. The Morgan fingerprint density at radius 3 is 2.24 bits per heavy atom. The summed E-state index contributed by atoms with van der Waals surface area (Å²) in [6.07, 6.45) is 0. The van der Waals surface area contributed by atoms with E-state index < -0.39 is 5.92 Å². The van der Waals surface area contributed by atoms with Gasteiger partial charge in [-0.3, -0.25) is 9.89 Å². The highest BCUT2D eigenvalue weighted by Crippen LogP contribution is 2.34. The van der Waals surface area contributed by atoms with E-state index in [1.807, 2.05) is 78.9 Å². The van der Waals surface area contributed by atoms with E-state index >= 15 is 0 Å². The van der Waals surface area contributed by atoms with Crippen LogP contribution < -0.4 is 10.1 Å². The first-order chi connectivity index (χ1) is 16.6. The van der Waals surface area contributed by atoms with E-state index in [9.17, 15) is 9.18 Å². The summed E-state index contributed by atoms with van der Waals surface area (Å²) >= 11 is 0. The maximum absolute atomic E-state index is 13.9. The van der Waals surface area contributed by atoms with E-state index in [4.69, 9.17) is 4.74 Å². The number of nitrogens with one attached hydrogen (secondary N) is 2. The van der Waals surface area contributed by atoms with Crippen LogP contribution in [0.15, 0.2) is 97.1 Å². The fourth-order valence-electron chi connectivity index (χ4n) is 4.16. The second-order valence-corrected chi connectivity index (χ2v) is 7.92. The van der Waals surface area contributed by atoms with Gasteiger partial charge in [-0.25, -0.2) is 4.39 Å². The Morgan fingerprint density at radius 2 is 1.59 bits per heavy atom. The number of methoxy groups -OCH3 is 1. The Hall–Kier alpha value is -4.45. The van der Waals surface area contributed by atoms with Gasteiger partial charge in [0.05, 0.1) is 18.5 Å². The summed E-state index contributed by atoms with van der Waals surface area (Å²) in [5.74, 6) is 0.00459. The van der Waals surface area contributed by atoms with Gasteiger partial charge in [0.15, 0.2) is 5.82 Å². The minimum absolute atomic E-state index is 0.179. The zero-order chi connectivity index (χ0) is 23.5. The molecule has 4 aromatic carbocycles. The molecule has 168 valence electrons. The molecule has 34 heavy (non-hydrogen) atoms. The topological polar surface area (TPSA) is 67.0 Å². The lowest BCUT2D eigenvalue weighted by atomic mass is 9.90. The molecule has 1 heterocycles. The predicted octanol–water partition coefficient (Wildman–Crippen LogP) is 6.15. The van der Waals surface area contributed by atoms with Gasteiger partial charge < -0.3 is 10.1 Å². The lowest BCUT2D eigenvalue weighted by Gasteiger charge is -2.17. The first-order valence-electron chi connectivity index (χ1n) is 10.9. The molecule has 5 aromatic rings. The molecule has 5 rings (SSSR count). The van der Waals surface area contributed by atoms with Gasteiger partial charge in [0.2, 0.25) is 5.91 Å². The maximum atomic E-state index is 13.9. The number of nitrogens with zero attached hydrogens (tertiary/aromatic N) is 1. The Kier molecular flexibility index (Phi) is 5.79. The van der Waals surface area contributed by atoms with Crippen molar-refractivity contribution in [1.29, 1.82) is 0 Å². The fraction of sp³-hybridized carbons (Fsp3) is 0.0714. The smallest absolute Gasteiger partial charge is 0.237 e. The molecule has 0 bridgehead atoms. The summed E-state index contributed by atoms with van der Waals surface area (Å²) in [7, 11) is 1.55. The summed E-state index contributed by atoms with van der Waals surface area (Å²) in [5, 5.41) is 11.1. The molecule has 0 aliphatic rings. The highest BCUT2D eigenvalue weighted by Gasteiger charge is 2.24. The number of fused-ring (bicyclic) bond motifs is 1. The molecule has 0 saturated heterocycles. The van der Waals surface area contributed by atoms with Crippen molar-refractivity contribution < 1.29 is 13.9 Å². The number of anilines is 1. The van der Waals surface area contributed by atoms with Crippen LogP contribution in [0.5, 0.6) is 5.75 Å². The van der Waals surface area contributed by atoms with Crippen LogP contribution in [0.2, 0.25) is 0 Å². The summed E-state index contributed by atoms with van der Waals surface area (Å²) < 4.78 is 19.2. The standard InChI is InChI=1S/C28H22FN3O2/c1-34-25-15-13-21(29)17-23(25)20-12-14-22-24(16-20)31-32-27(22)30-28(33)26(18-8-4-2-5-9-18)19-10-6-3-7-11-19/h2-17,26H,1H3,(H2,30,31,32,33). The highest BCUT2D eigenvalue weighted by molar-refractivity contribution is 6.04.